The fraction of sp³-hybridized carbons (Fsp3) is 0.481. The van der Waals surface area contributed by atoms with E-state index in [1.165, 1.54) is 11.1 Å². The van der Waals surface area contributed by atoms with Gasteiger partial charge in [-0.25, -0.2) is 4.79 Å². The van der Waals surface area contributed by atoms with Crippen LogP contribution in [0.15, 0.2) is 60.7 Å². The first-order chi connectivity index (χ1) is 16.0. The van der Waals surface area contributed by atoms with Gasteiger partial charge in [0.15, 0.2) is 0 Å². The topological polar surface area (TPSA) is 64.7 Å². The number of benzene rings is 2. The lowest BCUT2D eigenvalue weighted by atomic mass is 9.96. The number of carbonyl (C=O) groups excluding carboxylic acids is 2. The number of carbonyl (C=O) groups is 2. The zero-order chi connectivity index (χ0) is 23.6. The molecule has 6 heteroatoms. The van der Waals surface area contributed by atoms with Crippen molar-refractivity contribution in [1.29, 1.82) is 0 Å². The number of urea groups is 1. The molecule has 0 bridgehead atoms. The second-order valence-electron chi connectivity index (χ2n) is 8.85. The van der Waals surface area contributed by atoms with Gasteiger partial charge in [-0.3, -0.25) is 9.69 Å². The third kappa shape index (κ3) is 6.57. The van der Waals surface area contributed by atoms with E-state index in [1.807, 2.05) is 37.8 Å². The Labute approximate surface area is 198 Å². The van der Waals surface area contributed by atoms with Gasteiger partial charge in [0.1, 0.15) is 6.04 Å². The Morgan fingerprint density at radius 2 is 1.42 bits per heavy atom. The molecule has 6 nitrogen and oxygen atoms in total. The highest BCUT2D eigenvalue weighted by atomic mass is 16.2. The van der Waals surface area contributed by atoms with Crippen molar-refractivity contribution < 1.29 is 9.59 Å². The fourth-order valence-electron chi connectivity index (χ4n) is 4.35. The zero-order valence-electron chi connectivity index (χ0n) is 20.2. The van der Waals surface area contributed by atoms with E-state index >= 15 is 0 Å². The molecule has 0 saturated carbocycles. The van der Waals surface area contributed by atoms with E-state index in [0.29, 0.717) is 19.6 Å². The maximum atomic E-state index is 13.0. The lowest BCUT2D eigenvalue weighted by Gasteiger charge is -2.40. The van der Waals surface area contributed by atoms with Gasteiger partial charge in [0.05, 0.1) is 6.04 Å². The molecule has 1 heterocycles. The van der Waals surface area contributed by atoms with Crippen LogP contribution in [0.4, 0.5) is 4.79 Å². The molecule has 1 saturated heterocycles. The van der Waals surface area contributed by atoms with E-state index < -0.39 is 6.04 Å². The molecule has 33 heavy (non-hydrogen) atoms. The van der Waals surface area contributed by atoms with Crippen LogP contribution in [0.1, 0.15) is 50.8 Å². The minimum absolute atomic E-state index is 0.0765. The minimum atomic E-state index is -0.506. The van der Waals surface area contributed by atoms with E-state index in [2.05, 4.69) is 64.1 Å². The number of nitrogens with one attached hydrogen (secondary N) is 2. The van der Waals surface area contributed by atoms with Crippen LogP contribution in [0.25, 0.3) is 0 Å². The average molecular weight is 451 g/mol. The summed E-state index contributed by atoms with van der Waals surface area (Å²) in [6, 6.07) is 20.6. The van der Waals surface area contributed by atoms with Crippen LogP contribution in [0.5, 0.6) is 0 Å². The maximum Gasteiger partial charge on any atom is 0.318 e. The van der Waals surface area contributed by atoms with Gasteiger partial charge in [-0.2, -0.15) is 0 Å². The second-order valence-corrected chi connectivity index (χ2v) is 8.85. The molecule has 2 aromatic rings. The van der Waals surface area contributed by atoms with Crippen molar-refractivity contribution in [2.75, 3.05) is 32.7 Å². The van der Waals surface area contributed by atoms with Gasteiger partial charge in [-0.15, -0.1) is 0 Å². The maximum absolute atomic E-state index is 13.0. The van der Waals surface area contributed by atoms with E-state index in [9.17, 15) is 9.59 Å². The van der Waals surface area contributed by atoms with Crippen molar-refractivity contribution in [3.63, 3.8) is 0 Å². The molecule has 0 aromatic heterocycles. The predicted molar refractivity (Wildman–Crippen MR) is 133 cm³/mol. The van der Waals surface area contributed by atoms with Crippen LogP contribution in [0, 0.1) is 5.92 Å². The molecule has 2 atom stereocenters. The molecule has 0 spiro atoms. The lowest BCUT2D eigenvalue weighted by molar-refractivity contribution is -0.124. The van der Waals surface area contributed by atoms with Crippen molar-refractivity contribution in [1.82, 2.24) is 20.4 Å². The monoisotopic (exact) mass is 450 g/mol. The van der Waals surface area contributed by atoms with Crippen molar-refractivity contribution in [2.24, 2.45) is 5.92 Å². The highest BCUT2D eigenvalue weighted by molar-refractivity contribution is 5.87. The Morgan fingerprint density at radius 1 is 0.879 bits per heavy atom. The summed E-state index contributed by atoms with van der Waals surface area (Å²) in [5.41, 5.74) is 2.51. The Bertz CT molecular complexity index is 827. The molecule has 3 rings (SSSR count). The number of amides is 3. The molecule has 178 valence electrons. The summed E-state index contributed by atoms with van der Waals surface area (Å²) in [7, 11) is 0. The SMILES string of the molecule is CCCNC(=O)[C@H](NC(=O)N1CCN(C(c2ccccc2)c2ccccc2)CC1)C(C)CC. The Hall–Kier alpha value is -2.86. The quantitative estimate of drug-likeness (QED) is 0.606. The lowest BCUT2D eigenvalue weighted by Crippen LogP contribution is -2.57. The summed E-state index contributed by atoms with van der Waals surface area (Å²) in [6.07, 6.45) is 1.70. The normalized spacial score (nSPS) is 16.3. The molecule has 2 N–H and O–H groups in total. The van der Waals surface area contributed by atoms with Crippen LogP contribution < -0.4 is 10.6 Å². The highest BCUT2D eigenvalue weighted by Gasteiger charge is 2.31. The van der Waals surface area contributed by atoms with E-state index in [0.717, 1.165) is 25.9 Å². The number of hydrogen-bond donors (Lipinski definition) is 2. The summed E-state index contributed by atoms with van der Waals surface area (Å²) >= 11 is 0. The smallest absolute Gasteiger partial charge is 0.318 e. The van der Waals surface area contributed by atoms with E-state index in [4.69, 9.17) is 0 Å². The molecule has 1 aliphatic rings. The van der Waals surface area contributed by atoms with Crippen LogP contribution in [-0.2, 0) is 4.79 Å². The molecule has 0 aliphatic carbocycles. The van der Waals surface area contributed by atoms with Crippen molar-refractivity contribution >= 4 is 11.9 Å². The van der Waals surface area contributed by atoms with Crippen LogP contribution >= 0.6 is 0 Å². The van der Waals surface area contributed by atoms with Crippen LogP contribution in [0.3, 0.4) is 0 Å². The molecule has 2 aromatic carbocycles. The van der Waals surface area contributed by atoms with Gasteiger partial charge < -0.3 is 15.5 Å². The van der Waals surface area contributed by atoms with Crippen LogP contribution in [0.2, 0.25) is 0 Å². The molecule has 1 unspecified atom stereocenters. The van der Waals surface area contributed by atoms with Gasteiger partial charge in [0.2, 0.25) is 5.91 Å². The van der Waals surface area contributed by atoms with Crippen molar-refractivity contribution in [3.8, 4) is 0 Å². The van der Waals surface area contributed by atoms with Gasteiger partial charge in [0.25, 0.3) is 0 Å². The number of nitrogens with zero attached hydrogens (tertiary/aromatic N) is 2. The van der Waals surface area contributed by atoms with Crippen molar-refractivity contribution in [2.45, 2.75) is 45.7 Å². The van der Waals surface area contributed by atoms with Crippen molar-refractivity contribution in [3.05, 3.63) is 71.8 Å². The molecule has 1 fully saturated rings. The number of piperazine rings is 1. The largest absolute Gasteiger partial charge is 0.354 e. The first kappa shape index (κ1) is 24.8. The Kier molecular flexibility index (Phi) is 9.31. The molecular weight excluding hydrogens is 412 g/mol. The number of hydrogen-bond acceptors (Lipinski definition) is 3. The summed E-state index contributed by atoms with van der Waals surface area (Å²) in [5, 5.41) is 5.94. The van der Waals surface area contributed by atoms with Gasteiger partial charge in [-0.05, 0) is 23.5 Å². The minimum Gasteiger partial charge on any atom is -0.354 e. The molecular formula is C27H38N4O2. The molecule has 1 aliphatic heterocycles. The highest BCUT2D eigenvalue weighted by Crippen LogP contribution is 2.29. The third-order valence-corrected chi connectivity index (χ3v) is 6.52. The van der Waals surface area contributed by atoms with Gasteiger partial charge >= 0.3 is 6.03 Å². The molecule has 0 radical (unpaired) electrons. The summed E-state index contributed by atoms with van der Waals surface area (Å²) in [6.45, 7) is 9.52. The second kappa shape index (κ2) is 12.4. The number of rotatable bonds is 9. The Balaban J connectivity index is 1.66. The summed E-state index contributed by atoms with van der Waals surface area (Å²) < 4.78 is 0. The fourth-order valence-corrected chi connectivity index (χ4v) is 4.35. The standard InChI is InChI=1S/C27H38N4O2/c1-4-16-28-26(32)24(21(3)5-2)29-27(33)31-19-17-30(18-20-31)25(22-12-8-6-9-13-22)23-14-10-7-11-15-23/h6-15,21,24-25H,4-5,16-20H2,1-3H3,(H,28,32)(H,29,33)/t21?,24-/m1/s1. The third-order valence-electron chi connectivity index (χ3n) is 6.52. The summed E-state index contributed by atoms with van der Waals surface area (Å²) in [4.78, 5) is 29.9. The predicted octanol–water partition coefficient (Wildman–Crippen LogP) is 4.04. The van der Waals surface area contributed by atoms with Crippen LogP contribution in [-0.4, -0.2) is 60.5 Å². The van der Waals surface area contributed by atoms with E-state index in [-0.39, 0.29) is 23.9 Å². The Morgan fingerprint density at radius 3 is 1.91 bits per heavy atom. The van der Waals surface area contributed by atoms with Gasteiger partial charge in [-0.1, -0.05) is 87.9 Å². The molecule has 3 amide bonds. The van der Waals surface area contributed by atoms with E-state index in [1.54, 1.807) is 0 Å². The average Bonchev–Trinajstić information content (AvgIpc) is 2.87. The van der Waals surface area contributed by atoms with Gasteiger partial charge in [0, 0.05) is 32.7 Å². The first-order valence-electron chi connectivity index (χ1n) is 12.2. The zero-order valence-corrected chi connectivity index (χ0v) is 20.2. The first-order valence-corrected chi connectivity index (χ1v) is 12.2. The summed E-state index contributed by atoms with van der Waals surface area (Å²) in [5.74, 6) is -0.0148.